The number of allylic oxidation sites excluding steroid dienone is 1. The maximum absolute atomic E-state index is 12.2. The van der Waals surface area contributed by atoms with Crippen LogP contribution in [0.5, 0.6) is 0 Å². The largest absolute Gasteiger partial charge is 0.289 e. The van der Waals surface area contributed by atoms with Crippen LogP contribution < -0.4 is 0 Å². The van der Waals surface area contributed by atoms with Gasteiger partial charge in [-0.15, -0.1) is 0 Å². The molecular weight excluding hydrogens is 374 g/mol. The highest BCUT2D eigenvalue weighted by atomic mass is 79.9. The topological polar surface area (TPSA) is 29.4 Å². The molecule has 0 saturated carbocycles. The summed E-state index contributed by atoms with van der Waals surface area (Å²) < 4.78 is 1.03. The van der Waals surface area contributed by atoms with Crippen molar-refractivity contribution in [3.8, 4) is 0 Å². The van der Waals surface area contributed by atoms with Crippen molar-refractivity contribution in [2.24, 2.45) is 4.99 Å². The molecule has 0 bridgehead atoms. The zero-order valence-corrected chi connectivity index (χ0v) is 15.1. The first-order valence-corrected chi connectivity index (χ1v) is 8.68. The Bertz CT molecular complexity index is 912. The summed E-state index contributed by atoms with van der Waals surface area (Å²) in [7, 11) is 0. The average Bonchev–Trinajstić information content (AvgIpc) is 2.67. The molecule has 0 aliphatic heterocycles. The molecule has 0 saturated heterocycles. The van der Waals surface area contributed by atoms with Crippen molar-refractivity contribution in [3.63, 3.8) is 0 Å². The van der Waals surface area contributed by atoms with Crippen molar-refractivity contribution in [2.45, 2.75) is 0 Å². The molecule has 0 unspecified atom stereocenters. The minimum Gasteiger partial charge on any atom is -0.289 e. The number of nitrogens with zero attached hydrogens (tertiary/aromatic N) is 1. The van der Waals surface area contributed by atoms with Gasteiger partial charge in [0.15, 0.2) is 5.78 Å². The third-order valence-electron chi connectivity index (χ3n) is 3.63. The zero-order chi connectivity index (χ0) is 17.5. The number of hydrogen-bond acceptors (Lipinski definition) is 2. The van der Waals surface area contributed by atoms with Crippen LogP contribution >= 0.6 is 15.9 Å². The fourth-order valence-corrected chi connectivity index (χ4v) is 2.57. The van der Waals surface area contributed by atoms with E-state index in [4.69, 9.17) is 0 Å². The lowest BCUT2D eigenvalue weighted by molar-refractivity contribution is 0.104. The Hall–Kier alpha value is -2.78. The normalized spacial score (nSPS) is 11.2. The van der Waals surface area contributed by atoms with Crippen LogP contribution in [-0.2, 0) is 0 Å². The SMILES string of the molecule is O=C(/C=C/c1ccccc1N=Cc1ccc(Br)cc1)c1ccccc1. The van der Waals surface area contributed by atoms with Crippen LogP contribution in [0.25, 0.3) is 6.08 Å². The maximum Gasteiger partial charge on any atom is 0.185 e. The van der Waals surface area contributed by atoms with Gasteiger partial charge in [-0.3, -0.25) is 9.79 Å². The van der Waals surface area contributed by atoms with Gasteiger partial charge in [0, 0.05) is 21.8 Å². The molecule has 0 radical (unpaired) electrons. The Morgan fingerprint density at radius 2 is 1.52 bits per heavy atom. The lowest BCUT2D eigenvalue weighted by Gasteiger charge is -2.01. The molecule has 3 heteroatoms. The number of hydrogen-bond donors (Lipinski definition) is 0. The summed E-state index contributed by atoms with van der Waals surface area (Å²) in [5.41, 5.74) is 3.42. The van der Waals surface area contributed by atoms with Gasteiger partial charge in [-0.25, -0.2) is 0 Å². The molecule has 0 spiro atoms. The van der Waals surface area contributed by atoms with E-state index in [-0.39, 0.29) is 5.78 Å². The van der Waals surface area contributed by atoms with Crippen molar-refractivity contribution in [1.29, 1.82) is 0 Å². The van der Waals surface area contributed by atoms with E-state index in [9.17, 15) is 4.79 Å². The molecule has 0 aromatic heterocycles. The molecule has 0 heterocycles. The van der Waals surface area contributed by atoms with E-state index in [2.05, 4.69) is 20.9 Å². The van der Waals surface area contributed by atoms with Gasteiger partial charge in [0.25, 0.3) is 0 Å². The van der Waals surface area contributed by atoms with Crippen molar-refractivity contribution in [3.05, 3.63) is 106 Å². The quantitative estimate of drug-likeness (QED) is 0.294. The number of para-hydroxylation sites is 1. The highest BCUT2D eigenvalue weighted by Crippen LogP contribution is 2.21. The lowest BCUT2D eigenvalue weighted by atomic mass is 10.1. The number of benzene rings is 3. The standard InChI is InChI=1S/C22H16BrNO/c23-20-13-10-17(11-14-20)16-24-21-9-5-4-6-18(21)12-15-22(25)19-7-2-1-3-8-19/h1-16H/b15-12+,24-16?. The monoisotopic (exact) mass is 389 g/mol. The van der Waals surface area contributed by atoms with Crippen LogP contribution in [0.2, 0.25) is 0 Å². The van der Waals surface area contributed by atoms with Gasteiger partial charge in [-0.1, -0.05) is 76.6 Å². The Morgan fingerprint density at radius 3 is 2.28 bits per heavy atom. The molecule has 122 valence electrons. The van der Waals surface area contributed by atoms with Crippen LogP contribution in [0, 0.1) is 0 Å². The molecule has 3 aromatic carbocycles. The Kier molecular flexibility index (Phi) is 5.70. The van der Waals surface area contributed by atoms with Crippen molar-refractivity contribution in [2.75, 3.05) is 0 Å². The summed E-state index contributed by atoms with van der Waals surface area (Å²) in [4.78, 5) is 16.8. The average molecular weight is 390 g/mol. The summed E-state index contributed by atoms with van der Waals surface area (Å²) in [6.07, 6.45) is 5.21. The molecule has 0 aliphatic rings. The van der Waals surface area contributed by atoms with Gasteiger partial charge in [0.2, 0.25) is 0 Å². The zero-order valence-electron chi connectivity index (χ0n) is 13.5. The highest BCUT2D eigenvalue weighted by Gasteiger charge is 2.01. The summed E-state index contributed by atoms with van der Waals surface area (Å²) in [5, 5.41) is 0. The van der Waals surface area contributed by atoms with Crippen molar-refractivity contribution in [1.82, 2.24) is 0 Å². The third-order valence-corrected chi connectivity index (χ3v) is 4.16. The number of halogens is 1. The second kappa shape index (κ2) is 8.36. The molecule has 0 N–H and O–H groups in total. The fourth-order valence-electron chi connectivity index (χ4n) is 2.30. The molecule has 0 amide bonds. The second-order valence-corrected chi connectivity index (χ2v) is 6.35. The molecule has 3 rings (SSSR count). The van der Waals surface area contributed by atoms with Crippen LogP contribution in [0.15, 0.2) is 94.4 Å². The van der Waals surface area contributed by atoms with Gasteiger partial charge in [-0.2, -0.15) is 0 Å². The van der Waals surface area contributed by atoms with E-state index >= 15 is 0 Å². The first-order valence-electron chi connectivity index (χ1n) is 7.88. The van der Waals surface area contributed by atoms with Crippen LogP contribution in [0.4, 0.5) is 5.69 Å². The molecule has 25 heavy (non-hydrogen) atoms. The first kappa shape index (κ1) is 17.1. The lowest BCUT2D eigenvalue weighted by Crippen LogP contribution is -1.92. The number of ketones is 1. The van der Waals surface area contributed by atoms with E-state index in [1.54, 1.807) is 6.08 Å². The Morgan fingerprint density at radius 1 is 0.840 bits per heavy atom. The van der Waals surface area contributed by atoms with Gasteiger partial charge >= 0.3 is 0 Å². The molecular formula is C22H16BrNO. The predicted octanol–water partition coefficient (Wildman–Crippen LogP) is 6.10. The molecule has 3 aromatic rings. The Labute approximate surface area is 155 Å². The molecule has 0 atom stereocenters. The van der Waals surface area contributed by atoms with E-state index in [0.717, 1.165) is 21.3 Å². The first-order chi connectivity index (χ1) is 12.2. The summed E-state index contributed by atoms with van der Waals surface area (Å²) in [5.74, 6) is -0.0210. The van der Waals surface area contributed by atoms with E-state index in [0.29, 0.717) is 5.56 Å². The molecule has 2 nitrogen and oxygen atoms in total. The van der Waals surface area contributed by atoms with Gasteiger partial charge in [0.1, 0.15) is 0 Å². The molecule has 0 fully saturated rings. The van der Waals surface area contributed by atoms with Crippen molar-refractivity contribution < 1.29 is 4.79 Å². The number of carbonyl (C=O) groups excluding carboxylic acids is 1. The number of aliphatic imine (C=N–C) groups is 1. The maximum atomic E-state index is 12.2. The van der Waals surface area contributed by atoms with E-state index in [1.165, 1.54) is 0 Å². The van der Waals surface area contributed by atoms with Gasteiger partial charge < -0.3 is 0 Å². The summed E-state index contributed by atoms with van der Waals surface area (Å²) in [6, 6.07) is 24.9. The number of rotatable bonds is 5. The Balaban J connectivity index is 1.80. The minimum atomic E-state index is -0.0210. The van der Waals surface area contributed by atoms with Crippen LogP contribution in [0.1, 0.15) is 21.5 Å². The predicted molar refractivity (Wildman–Crippen MR) is 108 cm³/mol. The minimum absolute atomic E-state index is 0.0210. The molecule has 0 aliphatic carbocycles. The summed E-state index contributed by atoms with van der Waals surface area (Å²) >= 11 is 3.42. The number of carbonyl (C=O) groups is 1. The van der Waals surface area contributed by atoms with E-state index < -0.39 is 0 Å². The van der Waals surface area contributed by atoms with Crippen molar-refractivity contribution >= 4 is 39.7 Å². The van der Waals surface area contributed by atoms with Crippen LogP contribution in [-0.4, -0.2) is 12.0 Å². The smallest absolute Gasteiger partial charge is 0.185 e. The van der Waals surface area contributed by atoms with Gasteiger partial charge in [-0.05, 0) is 35.9 Å². The summed E-state index contributed by atoms with van der Waals surface area (Å²) in [6.45, 7) is 0. The highest BCUT2D eigenvalue weighted by molar-refractivity contribution is 9.10. The third kappa shape index (κ3) is 4.85. The van der Waals surface area contributed by atoms with E-state index in [1.807, 2.05) is 91.2 Å². The van der Waals surface area contributed by atoms with Gasteiger partial charge in [0.05, 0.1) is 5.69 Å². The fraction of sp³-hybridized carbons (Fsp3) is 0. The van der Waals surface area contributed by atoms with Crippen LogP contribution in [0.3, 0.4) is 0 Å². The second-order valence-electron chi connectivity index (χ2n) is 5.43.